The summed E-state index contributed by atoms with van der Waals surface area (Å²) in [6.45, 7) is 4.88. The number of H-pyrrole nitrogens is 1. The Morgan fingerprint density at radius 3 is 2.79 bits per heavy atom. The molecule has 0 amide bonds. The molecule has 0 unspecified atom stereocenters. The fourth-order valence-electron chi connectivity index (χ4n) is 1.31. The van der Waals surface area contributed by atoms with Crippen LogP contribution in [0.15, 0.2) is 12.1 Å². The molecule has 0 saturated carbocycles. The zero-order valence-corrected chi connectivity index (χ0v) is 9.71. The molecule has 0 radical (unpaired) electrons. The predicted octanol–water partition coefficient (Wildman–Crippen LogP) is 2.67. The van der Waals surface area contributed by atoms with E-state index in [2.05, 4.69) is 29.3 Å². The van der Waals surface area contributed by atoms with Crippen LogP contribution in [0.5, 0.6) is 0 Å². The van der Waals surface area contributed by atoms with Crippen molar-refractivity contribution in [2.75, 3.05) is 0 Å². The van der Waals surface area contributed by atoms with Gasteiger partial charge < -0.3 is 0 Å². The lowest BCUT2D eigenvalue weighted by atomic mass is 10.4. The molecule has 1 N–H and O–H groups in total. The summed E-state index contributed by atoms with van der Waals surface area (Å²) < 4.78 is 2.69. The maximum atomic E-state index is 5.13. The van der Waals surface area contributed by atoms with E-state index in [0.29, 0.717) is 4.77 Å². The van der Waals surface area contributed by atoms with Gasteiger partial charge in [-0.25, -0.2) is 0 Å². The van der Waals surface area contributed by atoms with Gasteiger partial charge in [-0.3, -0.25) is 9.67 Å². The highest BCUT2D eigenvalue weighted by atomic mass is 32.1. The first-order valence-corrected chi connectivity index (χ1v) is 5.56. The summed E-state index contributed by atoms with van der Waals surface area (Å²) in [5.41, 5.74) is 0. The van der Waals surface area contributed by atoms with Crippen molar-refractivity contribution in [3.8, 4) is 0 Å². The zero-order valence-electron chi connectivity index (χ0n) is 8.07. The molecule has 0 aliphatic heterocycles. The molecular formula is C9H11N3S2. The third kappa shape index (κ3) is 1.78. The second-order valence-corrected chi connectivity index (χ2v) is 4.93. The van der Waals surface area contributed by atoms with Gasteiger partial charge in [0, 0.05) is 9.75 Å². The highest BCUT2D eigenvalue weighted by Crippen LogP contribution is 2.16. The summed E-state index contributed by atoms with van der Waals surface area (Å²) in [5, 5.41) is 6.85. The lowest BCUT2D eigenvalue weighted by molar-refractivity contribution is 0.761. The van der Waals surface area contributed by atoms with Crippen LogP contribution in [0, 0.1) is 18.6 Å². The summed E-state index contributed by atoms with van der Waals surface area (Å²) in [5.74, 6) is 0.932. The Hall–Kier alpha value is -0.940. The third-order valence-corrected chi connectivity index (χ3v) is 3.36. The molecule has 0 spiro atoms. The van der Waals surface area contributed by atoms with Crippen LogP contribution in [0.3, 0.4) is 0 Å². The summed E-state index contributed by atoms with van der Waals surface area (Å²) in [4.78, 5) is 2.63. The van der Waals surface area contributed by atoms with Crippen molar-refractivity contribution in [2.24, 2.45) is 0 Å². The molecular weight excluding hydrogens is 214 g/mol. The van der Waals surface area contributed by atoms with Crippen LogP contribution in [-0.4, -0.2) is 14.8 Å². The number of hydrogen-bond donors (Lipinski definition) is 1. The van der Waals surface area contributed by atoms with Crippen LogP contribution in [0.1, 0.15) is 15.6 Å². The number of nitrogens with zero attached hydrogens (tertiary/aromatic N) is 2. The highest BCUT2D eigenvalue weighted by molar-refractivity contribution is 7.71. The van der Waals surface area contributed by atoms with Crippen molar-refractivity contribution in [3.05, 3.63) is 32.5 Å². The second kappa shape index (κ2) is 3.67. The predicted molar refractivity (Wildman–Crippen MR) is 60.3 cm³/mol. The Bertz CT molecular complexity index is 492. The third-order valence-electron chi connectivity index (χ3n) is 2.06. The van der Waals surface area contributed by atoms with E-state index in [1.54, 1.807) is 11.3 Å². The van der Waals surface area contributed by atoms with Crippen LogP contribution in [-0.2, 0) is 6.54 Å². The van der Waals surface area contributed by atoms with Gasteiger partial charge >= 0.3 is 0 Å². The number of nitrogens with one attached hydrogen (secondary N) is 1. The highest BCUT2D eigenvalue weighted by Gasteiger charge is 2.03. The van der Waals surface area contributed by atoms with Gasteiger partial charge in [-0.1, -0.05) is 0 Å². The van der Waals surface area contributed by atoms with E-state index < -0.39 is 0 Å². The van der Waals surface area contributed by atoms with Gasteiger partial charge in [0.15, 0.2) is 4.77 Å². The number of aromatic nitrogens is 3. The van der Waals surface area contributed by atoms with E-state index in [-0.39, 0.29) is 0 Å². The molecule has 74 valence electrons. The summed E-state index contributed by atoms with van der Waals surface area (Å²) >= 11 is 6.92. The van der Waals surface area contributed by atoms with Crippen molar-refractivity contribution in [2.45, 2.75) is 20.4 Å². The number of aromatic amines is 1. The molecule has 0 aliphatic carbocycles. The van der Waals surface area contributed by atoms with E-state index in [0.717, 1.165) is 12.4 Å². The maximum Gasteiger partial charge on any atom is 0.195 e. The maximum absolute atomic E-state index is 5.13. The fourth-order valence-corrected chi connectivity index (χ4v) is 2.43. The molecule has 0 fully saturated rings. The summed E-state index contributed by atoms with van der Waals surface area (Å²) in [6.07, 6.45) is 0. The van der Waals surface area contributed by atoms with Gasteiger partial charge in [-0.05, 0) is 38.2 Å². The smallest absolute Gasteiger partial charge is 0.195 e. The molecule has 3 nitrogen and oxygen atoms in total. The van der Waals surface area contributed by atoms with Crippen molar-refractivity contribution in [1.29, 1.82) is 0 Å². The van der Waals surface area contributed by atoms with Gasteiger partial charge in [-0.15, -0.1) is 11.3 Å². The van der Waals surface area contributed by atoms with E-state index in [1.165, 1.54) is 9.75 Å². The Morgan fingerprint density at radius 2 is 2.29 bits per heavy atom. The largest absolute Gasteiger partial charge is 0.299 e. The fraction of sp³-hybridized carbons (Fsp3) is 0.333. The second-order valence-electron chi connectivity index (χ2n) is 3.17. The molecule has 0 atom stereocenters. The minimum atomic E-state index is 0.688. The number of hydrogen-bond acceptors (Lipinski definition) is 3. The van der Waals surface area contributed by atoms with Gasteiger partial charge in [0.25, 0.3) is 0 Å². The quantitative estimate of drug-likeness (QED) is 0.797. The summed E-state index contributed by atoms with van der Waals surface area (Å²) in [6, 6.07) is 4.26. The minimum absolute atomic E-state index is 0.688. The first kappa shape index (κ1) is 9.61. The van der Waals surface area contributed by atoms with Gasteiger partial charge in [0.2, 0.25) is 0 Å². The van der Waals surface area contributed by atoms with Gasteiger partial charge in [-0.2, -0.15) is 5.10 Å². The average molecular weight is 225 g/mol. The average Bonchev–Trinajstić information content (AvgIpc) is 2.67. The zero-order chi connectivity index (χ0) is 10.1. The molecule has 0 bridgehead atoms. The SMILES string of the molecule is Cc1ccc(Cn2c(C)n[nH]c2=S)s1. The van der Waals surface area contributed by atoms with Crippen LogP contribution in [0.2, 0.25) is 0 Å². The van der Waals surface area contributed by atoms with Crippen molar-refractivity contribution in [3.63, 3.8) is 0 Å². The van der Waals surface area contributed by atoms with E-state index in [4.69, 9.17) is 12.2 Å². The topological polar surface area (TPSA) is 33.6 Å². The van der Waals surface area contributed by atoms with Crippen LogP contribution in [0.4, 0.5) is 0 Å². The molecule has 2 heterocycles. The van der Waals surface area contributed by atoms with Gasteiger partial charge in [0.1, 0.15) is 5.82 Å². The molecule has 2 aromatic heterocycles. The molecule has 5 heteroatoms. The first-order chi connectivity index (χ1) is 6.66. The normalized spacial score (nSPS) is 10.7. The first-order valence-electron chi connectivity index (χ1n) is 4.34. The lowest BCUT2D eigenvalue weighted by Crippen LogP contribution is -2.00. The minimum Gasteiger partial charge on any atom is -0.299 e. The molecule has 14 heavy (non-hydrogen) atoms. The monoisotopic (exact) mass is 225 g/mol. The van der Waals surface area contributed by atoms with E-state index in [1.807, 2.05) is 11.5 Å². The molecule has 0 saturated heterocycles. The number of aryl methyl sites for hydroxylation is 2. The van der Waals surface area contributed by atoms with Crippen LogP contribution < -0.4 is 0 Å². The Morgan fingerprint density at radius 1 is 1.50 bits per heavy atom. The number of rotatable bonds is 2. The van der Waals surface area contributed by atoms with Gasteiger partial charge in [0.05, 0.1) is 6.54 Å². The summed E-state index contributed by atoms with van der Waals surface area (Å²) in [7, 11) is 0. The Kier molecular flexibility index (Phi) is 2.52. The standard InChI is InChI=1S/C9H11N3S2/c1-6-3-4-8(14-6)5-12-7(2)10-11-9(12)13/h3-4H,5H2,1-2H3,(H,11,13). The number of thiophene rings is 1. The lowest BCUT2D eigenvalue weighted by Gasteiger charge is -2.00. The van der Waals surface area contributed by atoms with Crippen molar-refractivity contribution in [1.82, 2.24) is 14.8 Å². The molecule has 2 aromatic rings. The van der Waals surface area contributed by atoms with Crippen LogP contribution in [0.25, 0.3) is 0 Å². The Labute approximate surface area is 91.4 Å². The molecule has 0 aliphatic rings. The van der Waals surface area contributed by atoms with Crippen molar-refractivity contribution >= 4 is 23.6 Å². The van der Waals surface area contributed by atoms with E-state index in [9.17, 15) is 0 Å². The van der Waals surface area contributed by atoms with Crippen LogP contribution >= 0.6 is 23.6 Å². The molecule has 0 aromatic carbocycles. The Balaban J connectivity index is 2.31. The van der Waals surface area contributed by atoms with Crippen molar-refractivity contribution < 1.29 is 0 Å². The molecule has 2 rings (SSSR count). The van der Waals surface area contributed by atoms with E-state index >= 15 is 0 Å².